The molecular formula is C37H40O13. The molecule has 0 heterocycles. The van der Waals surface area contributed by atoms with Crippen molar-refractivity contribution >= 4 is 23.9 Å². The second-order valence-corrected chi connectivity index (χ2v) is 10.4. The molecule has 3 aromatic rings. The minimum atomic E-state index is -1.22. The SMILES string of the molecule is C=CC(=O)OCCCCOc1ccc(C(=O)O)c(OC)c1-c1ccc(-c2c(OCCCCOC(=O)C=C)ccc(C(=O)O)c2OC)c(OC)c1. The Kier molecular flexibility index (Phi) is 14.7. The lowest BCUT2D eigenvalue weighted by atomic mass is 9.94. The van der Waals surface area contributed by atoms with Gasteiger partial charge in [-0.3, -0.25) is 0 Å². The highest BCUT2D eigenvalue weighted by Gasteiger charge is 2.26. The van der Waals surface area contributed by atoms with E-state index in [0.29, 0.717) is 59.4 Å². The van der Waals surface area contributed by atoms with Crippen LogP contribution in [0.25, 0.3) is 22.3 Å². The summed E-state index contributed by atoms with van der Waals surface area (Å²) >= 11 is 0. The second-order valence-electron chi connectivity index (χ2n) is 10.4. The Labute approximate surface area is 289 Å². The van der Waals surface area contributed by atoms with Gasteiger partial charge in [-0.1, -0.05) is 19.2 Å². The van der Waals surface area contributed by atoms with Crippen LogP contribution >= 0.6 is 0 Å². The fraction of sp³-hybridized carbons (Fsp3) is 0.297. The maximum Gasteiger partial charge on any atom is 0.339 e. The molecule has 0 radical (unpaired) electrons. The lowest BCUT2D eigenvalue weighted by Crippen LogP contribution is -2.08. The smallest absolute Gasteiger partial charge is 0.339 e. The van der Waals surface area contributed by atoms with Gasteiger partial charge in [-0.05, 0) is 67.6 Å². The molecule has 0 spiro atoms. The zero-order valence-electron chi connectivity index (χ0n) is 28.2. The van der Waals surface area contributed by atoms with Crippen LogP contribution in [-0.4, -0.2) is 81.8 Å². The summed E-state index contributed by atoms with van der Waals surface area (Å²) in [6.07, 6.45) is 4.25. The van der Waals surface area contributed by atoms with Gasteiger partial charge in [0.05, 0.1) is 58.9 Å². The van der Waals surface area contributed by atoms with Gasteiger partial charge < -0.3 is 43.4 Å². The van der Waals surface area contributed by atoms with Gasteiger partial charge in [0.15, 0.2) is 0 Å². The number of hydrogen-bond donors (Lipinski definition) is 2. The number of unbranched alkanes of at least 4 members (excludes halogenated alkanes) is 2. The zero-order valence-corrected chi connectivity index (χ0v) is 28.2. The van der Waals surface area contributed by atoms with E-state index in [2.05, 4.69) is 13.2 Å². The molecule has 13 heteroatoms. The van der Waals surface area contributed by atoms with Crippen molar-refractivity contribution in [2.75, 3.05) is 47.8 Å². The molecule has 0 unspecified atom stereocenters. The molecule has 0 fully saturated rings. The van der Waals surface area contributed by atoms with Crippen LogP contribution in [-0.2, 0) is 19.1 Å². The molecule has 0 aliphatic rings. The Balaban J connectivity index is 2.05. The molecule has 0 aliphatic carbocycles. The molecule has 3 rings (SSSR count). The fourth-order valence-electron chi connectivity index (χ4n) is 4.95. The monoisotopic (exact) mass is 692 g/mol. The van der Waals surface area contributed by atoms with E-state index in [1.807, 2.05) is 0 Å². The summed E-state index contributed by atoms with van der Waals surface area (Å²) in [6, 6.07) is 10.8. The molecule has 0 aromatic heterocycles. The first-order chi connectivity index (χ1) is 24.1. The molecule has 266 valence electrons. The number of rotatable bonds is 21. The van der Waals surface area contributed by atoms with Gasteiger partial charge in [0.1, 0.15) is 39.9 Å². The highest BCUT2D eigenvalue weighted by atomic mass is 16.5. The minimum absolute atomic E-state index is 0.0363. The standard InChI is InChI=1S/C37H40O13/c1-6-30(38)49-20-10-8-18-47-27-16-14-25(36(40)41)34(45-4)32(27)23-12-13-24(29(22-23)44-3)33-28(17-15-26(37(42)43)35(33)46-5)48-19-9-11-21-50-31(39)7-2/h6-7,12-17,22H,1-2,8-11,18-21H2,3-5H3,(H,40,41)(H,42,43). The number of carboxylic acid groups (broad SMARTS) is 2. The van der Waals surface area contributed by atoms with Crippen molar-refractivity contribution in [3.8, 4) is 51.0 Å². The lowest BCUT2D eigenvalue weighted by Gasteiger charge is -2.21. The van der Waals surface area contributed by atoms with Crippen molar-refractivity contribution in [2.45, 2.75) is 25.7 Å². The number of carbonyl (C=O) groups is 4. The van der Waals surface area contributed by atoms with Crippen molar-refractivity contribution in [1.82, 2.24) is 0 Å². The van der Waals surface area contributed by atoms with Crippen molar-refractivity contribution in [3.05, 3.63) is 78.9 Å². The zero-order chi connectivity index (χ0) is 36.6. The summed E-state index contributed by atoms with van der Waals surface area (Å²) in [5.74, 6) is -2.45. The average Bonchev–Trinajstić information content (AvgIpc) is 3.12. The van der Waals surface area contributed by atoms with Crippen LogP contribution < -0.4 is 23.7 Å². The number of methoxy groups -OCH3 is 3. The third-order valence-electron chi connectivity index (χ3n) is 7.28. The van der Waals surface area contributed by atoms with Crippen molar-refractivity contribution in [3.63, 3.8) is 0 Å². The Hall–Kier alpha value is -5.98. The van der Waals surface area contributed by atoms with E-state index < -0.39 is 23.9 Å². The molecule has 13 nitrogen and oxygen atoms in total. The van der Waals surface area contributed by atoms with Crippen LogP contribution in [0.2, 0.25) is 0 Å². The van der Waals surface area contributed by atoms with E-state index in [9.17, 15) is 29.4 Å². The van der Waals surface area contributed by atoms with E-state index in [1.165, 1.54) is 45.6 Å². The van der Waals surface area contributed by atoms with Crippen molar-refractivity contribution < 1.29 is 62.5 Å². The molecule has 3 aromatic carbocycles. The van der Waals surface area contributed by atoms with E-state index >= 15 is 0 Å². The number of carboxylic acids is 2. The third-order valence-corrected chi connectivity index (χ3v) is 7.28. The summed E-state index contributed by atoms with van der Waals surface area (Å²) in [4.78, 5) is 46.9. The number of hydrogen-bond acceptors (Lipinski definition) is 11. The normalized spacial score (nSPS) is 10.4. The van der Waals surface area contributed by atoms with Crippen molar-refractivity contribution in [2.24, 2.45) is 0 Å². The molecule has 0 amide bonds. The maximum absolute atomic E-state index is 12.2. The Bertz CT molecular complexity index is 1710. The molecule has 0 atom stereocenters. The number of ether oxygens (including phenoxy) is 7. The molecule has 0 bridgehead atoms. The molecule has 2 N–H and O–H groups in total. The molecule has 0 saturated carbocycles. The van der Waals surface area contributed by atoms with Gasteiger partial charge in [0.2, 0.25) is 0 Å². The minimum Gasteiger partial charge on any atom is -0.496 e. The summed E-state index contributed by atoms with van der Waals surface area (Å²) < 4.78 is 39.1. The number of esters is 2. The van der Waals surface area contributed by atoms with Crippen molar-refractivity contribution in [1.29, 1.82) is 0 Å². The predicted octanol–water partition coefficient (Wildman–Crippen LogP) is 6.22. The highest BCUT2D eigenvalue weighted by molar-refractivity contribution is 5.98. The van der Waals surface area contributed by atoms with E-state index in [-0.39, 0.29) is 54.8 Å². The molecule has 50 heavy (non-hydrogen) atoms. The first kappa shape index (κ1) is 38.5. The van der Waals surface area contributed by atoms with Gasteiger partial charge in [-0.15, -0.1) is 0 Å². The van der Waals surface area contributed by atoms with Crippen LogP contribution in [0.3, 0.4) is 0 Å². The van der Waals surface area contributed by atoms with Crippen LogP contribution in [0.1, 0.15) is 46.4 Å². The predicted molar refractivity (Wildman–Crippen MR) is 183 cm³/mol. The van der Waals surface area contributed by atoms with E-state index in [0.717, 1.165) is 12.2 Å². The summed E-state index contributed by atoms with van der Waals surface area (Å²) in [5.41, 5.74) is 1.36. The van der Waals surface area contributed by atoms with Crippen LogP contribution in [0.15, 0.2) is 67.8 Å². The van der Waals surface area contributed by atoms with Crippen LogP contribution in [0.4, 0.5) is 0 Å². The Morgan fingerprint density at radius 2 is 1.06 bits per heavy atom. The van der Waals surface area contributed by atoms with Gasteiger partial charge in [0, 0.05) is 17.7 Å². The van der Waals surface area contributed by atoms with E-state index in [4.69, 9.17) is 33.2 Å². The lowest BCUT2D eigenvalue weighted by molar-refractivity contribution is -0.138. The Morgan fingerprint density at radius 1 is 0.600 bits per heavy atom. The first-order valence-corrected chi connectivity index (χ1v) is 15.5. The second kappa shape index (κ2) is 19.1. The van der Waals surface area contributed by atoms with Crippen LogP contribution in [0, 0.1) is 0 Å². The van der Waals surface area contributed by atoms with E-state index in [1.54, 1.807) is 18.2 Å². The number of carbonyl (C=O) groups excluding carboxylic acids is 2. The highest BCUT2D eigenvalue weighted by Crippen LogP contribution is 2.48. The average molecular weight is 693 g/mol. The summed E-state index contributed by atoms with van der Waals surface area (Å²) in [6.45, 7) is 7.53. The third kappa shape index (κ3) is 9.78. The summed E-state index contributed by atoms with van der Waals surface area (Å²) in [7, 11) is 4.13. The largest absolute Gasteiger partial charge is 0.496 e. The topological polar surface area (TPSA) is 173 Å². The fourth-order valence-corrected chi connectivity index (χ4v) is 4.95. The number of aromatic carboxylic acids is 2. The molecule has 0 saturated heterocycles. The van der Waals surface area contributed by atoms with Gasteiger partial charge in [0.25, 0.3) is 0 Å². The first-order valence-electron chi connectivity index (χ1n) is 15.5. The van der Waals surface area contributed by atoms with Crippen LogP contribution in [0.5, 0.6) is 28.7 Å². The maximum atomic E-state index is 12.2. The quantitative estimate of drug-likeness (QED) is 0.0733. The van der Waals surface area contributed by atoms with Gasteiger partial charge in [-0.2, -0.15) is 0 Å². The van der Waals surface area contributed by atoms with Gasteiger partial charge >= 0.3 is 23.9 Å². The molecule has 0 aliphatic heterocycles. The summed E-state index contributed by atoms with van der Waals surface area (Å²) in [5, 5.41) is 19.8. The Morgan fingerprint density at radius 3 is 1.50 bits per heavy atom. The molecular weight excluding hydrogens is 652 g/mol. The number of benzene rings is 3. The van der Waals surface area contributed by atoms with Gasteiger partial charge in [-0.25, -0.2) is 19.2 Å².